The van der Waals surface area contributed by atoms with Crippen LogP contribution in [0, 0.1) is 5.41 Å². The molecule has 1 heterocycles. The van der Waals surface area contributed by atoms with Gasteiger partial charge in [-0.1, -0.05) is 60.7 Å². The lowest BCUT2D eigenvalue weighted by Crippen LogP contribution is -2.26. The zero-order valence-electron chi connectivity index (χ0n) is 12.5. The molecule has 23 heavy (non-hydrogen) atoms. The molecule has 1 aliphatic heterocycles. The Labute approximate surface area is 134 Å². The smallest absolute Gasteiger partial charge is 0.324 e. The van der Waals surface area contributed by atoms with Crippen molar-refractivity contribution in [2.24, 2.45) is 5.41 Å². The van der Waals surface area contributed by atoms with E-state index in [0.29, 0.717) is 12.8 Å². The van der Waals surface area contributed by atoms with Crippen molar-refractivity contribution in [1.29, 1.82) is 0 Å². The topological polar surface area (TPSA) is 52.6 Å². The first-order valence-corrected chi connectivity index (χ1v) is 7.73. The van der Waals surface area contributed by atoms with Crippen LogP contribution in [0.5, 0.6) is 0 Å². The van der Waals surface area contributed by atoms with Crippen molar-refractivity contribution in [2.45, 2.75) is 25.0 Å². The van der Waals surface area contributed by atoms with Crippen LogP contribution in [0.2, 0.25) is 0 Å². The lowest BCUT2D eigenvalue weighted by atomic mass is 9.98. The van der Waals surface area contributed by atoms with Gasteiger partial charge >= 0.3 is 11.9 Å². The molecule has 4 heteroatoms. The molecule has 116 valence electrons. The highest BCUT2D eigenvalue weighted by atomic mass is 16.6. The highest BCUT2D eigenvalue weighted by Gasteiger charge is 2.62. The Kier molecular flexibility index (Phi) is 3.18. The largest absolute Gasteiger partial charge is 0.452 e. The Balaban J connectivity index is 1.79. The highest BCUT2D eigenvalue weighted by Crippen LogP contribution is 2.53. The van der Waals surface area contributed by atoms with Crippen molar-refractivity contribution in [3.63, 3.8) is 0 Å². The van der Waals surface area contributed by atoms with E-state index in [1.165, 1.54) is 0 Å². The Morgan fingerprint density at radius 2 is 1.09 bits per heavy atom. The Bertz CT molecular complexity index is 673. The molecule has 2 atom stereocenters. The second kappa shape index (κ2) is 5.23. The van der Waals surface area contributed by atoms with E-state index in [1.807, 2.05) is 60.7 Å². The van der Waals surface area contributed by atoms with Crippen LogP contribution in [0.15, 0.2) is 60.7 Å². The molecule has 2 aliphatic rings. The van der Waals surface area contributed by atoms with Gasteiger partial charge in [0.2, 0.25) is 0 Å². The van der Waals surface area contributed by atoms with Gasteiger partial charge in [-0.05, 0) is 24.0 Å². The lowest BCUT2D eigenvalue weighted by molar-refractivity contribution is -0.158. The van der Waals surface area contributed by atoms with Crippen LogP contribution in [-0.2, 0) is 19.1 Å². The first-order valence-electron chi connectivity index (χ1n) is 7.73. The van der Waals surface area contributed by atoms with Crippen molar-refractivity contribution in [1.82, 2.24) is 0 Å². The Morgan fingerprint density at radius 1 is 0.696 bits per heavy atom. The fourth-order valence-electron chi connectivity index (χ4n) is 2.97. The molecule has 0 aromatic heterocycles. The third kappa shape index (κ3) is 2.31. The number of ether oxygens (including phenoxy) is 2. The maximum absolute atomic E-state index is 12.4. The van der Waals surface area contributed by atoms with E-state index in [2.05, 4.69) is 0 Å². The zero-order chi connectivity index (χ0) is 15.9. The summed E-state index contributed by atoms with van der Waals surface area (Å²) in [5.41, 5.74) is 0.566. The fraction of sp³-hybridized carbons (Fsp3) is 0.263. The van der Waals surface area contributed by atoms with Crippen molar-refractivity contribution < 1.29 is 19.1 Å². The molecule has 0 bridgehead atoms. The lowest BCUT2D eigenvalue weighted by Gasteiger charge is -2.24. The Morgan fingerprint density at radius 3 is 1.43 bits per heavy atom. The average Bonchev–Trinajstić information content (AvgIpc) is 3.41. The van der Waals surface area contributed by atoms with Crippen LogP contribution in [0.1, 0.15) is 36.2 Å². The summed E-state index contributed by atoms with van der Waals surface area (Å²) < 4.78 is 11.5. The van der Waals surface area contributed by atoms with Crippen molar-refractivity contribution in [3.8, 4) is 0 Å². The standard InChI is InChI=1S/C19H16O4/c20-17-19(11-12-19)18(21)23-16(14-9-5-2-6-10-14)15(22-17)13-7-3-1-4-8-13/h1-10,15-16H,11-12H2/t15-,16+. The summed E-state index contributed by atoms with van der Waals surface area (Å²) in [7, 11) is 0. The van der Waals surface area contributed by atoms with Crippen molar-refractivity contribution in [3.05, 3.63) is 71.8 Å². The van der Waals surface area contributed by atoms with Gasteiger partial charge in [-0.15, -0.1) is 0 Å². The SMILES string of the molecule is O=C1O[C@H](c2ccccc2)[C@H](c2ccccc2)OC(=O)C12CC2. The summed E-state index contributed by atoms with van der Waals surface area (Å²) in [6.45, 7) is 0. The number of esters is 2. The number of hydrogen-bond donors (Lipinski definition) is 0. The zero-order valence-corrected chi connectivity index (χ0v) is 12.5. The maximum atomic E-state index is 12.4. The van der Waals surface area contributed by atoms with E-state index in [1.54, 1.807) is 0 Å². The van der Waals surface area contributed by atoms with E-state index in [9.17, 15) is 9.59 Å². The molecular weight excluding hydrogens is 292 g/mol. The molecule has 0 unspecified atom stereocenters. The Hall–Kier alpha value is -2.62. The van der Waals surface area contributed by atoms with E-state index in [-0.39, 0.29) is 0 Å². The van der Waals surface area contributed by atoms with Crippen LogP contribution in [0.25, 0.3) is 0 Å². The van der Waals surface area contributed by atoms with Gasteiger partial charge in [0.05, 0.1) is 0 Å². The van der Waals surface area contributed by atoms with Gasteiger partial charge < -0.3 is 9.47 Å². The predicted molar refractivity (Wildman–Crippen MR) is 82.2 cm³/mol. The molecule has 0 N–H and O–H groups in total. The molecule has 0 radical (unpaired) electrons. The summed E-state index contributed by atoms with van der Waals surface area (Å²) in [6.07, 6.45) is -0.244. The fourth-order valence-corrected chi connectivity index (χ4v) is 2.97. The normalized spacial score (nSPS) is 25.4. The van der Waals surface area contributed by atoms with Crippen LogP contribution in [-0.4, -0.2) is 11.9 Å². The summed E-state index contributed by atoms with van der Waals surface area (Å²) in [4.78, 5) is 24.9. The molecule has 0 amide bonds. The second-order valence-corrected chi connectivity index (χ2v) is 6.06. The summed E-state index contributed by atoms with van der Waals surface area (Å²) >= 11 is 0. The molecule has 1 spiro atoms. The van der Waals surface area contributed by atoms with Crippen LogP contribution in [0.4, 0.5) is 0 Å². The van der Waals surface area contributed by atoms with Crippen LogP contribution < -0.4 is 0 Å². The molecule has 1 aliphatic carbocycles. The summed E-state index contributed by atoms with van der Waals surface area (Å²) in [5, 5.41) is 0. The van der Waals surface area contributed by atoms with E-state index < -0.39 is 29.6 Å². The molecule has 2 aromatic carbocycles. The predicted octanol–water partition coefficient (Wildman–Crippen LogP) is 3.35. The van der Waals surface area contributed by atoms with E-state index in [0.717, 1.165) is 11.1 Å². The molecule has 2 fully saturated rings. The molecule has 1 saturated carbocycles. The molecule has 4 rings (SSSR count). The molecular formula is C19H16O4. The minimum Gasteiger partial charge on any atom is -0.452 e. The quantitative estimate of drug-likeness (QED) is 0.630. The minimum atomic E-state index is -1.07. The van der Waals surface area contributed by atoms with Gasteiger partial charge in [-0.3, -0.25) is 9.59 Å². The van der Waals surface area contributed by atoms with E-state index >= 15 is 0 Å². The van der Waals surface area contributed by atoms with Gasteiger partial charge in [0.1, 0.15) is 0 Å². The highest BCUT2D eigenvalue weighted by molar-refractivity contribution is 6.03. The van der Waals surface area contributed by atoms with Crippen LogP contribution >= 0.6 is 0 Å². The number of carbonyl (C=O) groups is 2. The second-order valence-electron chi connectivity index (χ2n) is 6.06. The number of rotatable bonds is 2. The van der Waals surface area contributed by atoms with Gasteiger partial charge in [0.25, 0.3) is 0 Å². The van der Waals surface area contributed by atoms with E-state index in [4.69, 9.17) is 9.47 Å². The van der Waals surface area contributed by atoms with Gasteiger partial charge in [0, 0.05) is 0 Å². The number of cyclic esters (lactones) is 2. The number of carbonyl (C=O) groups excluding carboxylic acids is 2. The summed E-state index contributed by atoms with van der Waals surface area (Å²) in [6, 6.07) is 18.8. The monoisotopic (exact) mass is 308 g/mol. The third-order valence-corrected chi connectivity index (χ3v) is 4.53. The number of benzene rings is 2. The van der Waals surface area contributed by atoms with Crippen molar-refractivity contribution in [2.75, 3.05) is 0 Å². The van der Waals surface area contributed by atoms with Gasteiger partial charge in [0.15, 0.2) is 17.6 Å². The number of hydrogen-bond acceptors (Lipinski definition) is 4. The maximum Gasteiger partial charge on any atom is 0.324 e. The van der Waals surface area contributed by atoms with Crippen molar-refractivity contribution >= 4 is 11.9 Å². The third-order valence-electron chi connectivity index (χ3n) is 4.53. The molecule has 1 saturated heterocycles. The minimum absolute atomic E-state index is 0.463. The average molecular weight is 308 g/mol. The van der Waals surface area contributed by atoms with Gasteiger partial charge in [-0.25, -0.2) is 0 Å². The first-order chi connectivity index (χ1) is 11.2. The van der Waals surface area contributed by atoms with Gasteiger partial charge in [-0.2, -0.15) is 0 Å². The first kappa shape index (κ1) is 14.0. The molecule has 2 aromatic rings. The van der Waals surface area contributed by atoms with Crippen LogP contribution in [0.3, 0.4) is 0 Å². The molecule has 4 nitrogen and oxygen atoms in total. The summed E-state index contributed by atoms with van der Waals surface area (Å²) in [5.74, 6) is -0.926.